The summed E-state index contributed by atoms with van der Waals surface area (Å²) in [6.07, 6.45) is -1.36. The molecule has 0 saturated carbocycles. The van der Waals surface area contributed by atoms with Crippen LogP contribution in [0.1, 0.15) is 17.2 Å². The molecule has 0 radical (unpaired) electrons. The fourth-order valence-corrected chi connectivity index (χ4v) is 11.1. The van der Waals surface area contributed by atoms with Crippen LogP contribution in [0, 0.1) is 0 Å². The highest BCUT2D eigenvalue weighted by Gasteiger charge is 2.68. The number of carbonyl (C=O) groups is 7. The number of carbonyl (C=O) groups excluding carboxylic acids is 4. The van der Waals surface area contributed by atoms with Crippen LogP contribution in [0.25, 0.3) is 0 Å². The van der Waals surface area contributed by atoms with E-state index >= 15 is 0 Å². The van der Waals surface area contributed by atoms with Gasteiger partial charge in [-0.05, 0) is 39.3 Å². The second kappa shape index (κ2) is 21.4. The van der Waals surface area contributed by atoms with Gasteiger partial charge in [0.25, 0.3) is 23.4 Å². The highest BCUT2D eigenvalue weighted by atomic mass is 32.2. The minimum atomic E-state index is -2.14. The number of aryl methyl sites for hydroxylation is 2. The van der Waals surface area contributed by atoms with Crippen LogP contribution >= 0.6 is 46.6 Å². The molecule has 7 heterocycles. The zero-order valence-electron chi connectivity index (χ0n) is 37.4. The van der Waals surface area contributed by atoms with E-state index in [0.29, 0.717) is 10.7 Å². The third kappa shape index (κ3) is 10.1. The molecule has 2 saturated heterocycles. The van der Waals surface area contributed by atoms with Crippen molar-refractivity contribution in [1.29, 1.82) is 0 Å². The Kier molecular flexibility index (Phi) is 15.5. The normalized spacial score (nSPS) is 20.8. The first kappa shape index (κ1) is 52.2. The number of thiazole rings is 1. The van der Waals surface area contributed by atoms with Crippen molar-refractivity contribution in [2.45, 2.75) is 39.6 Å². The standard InChI is InChI=1S/C20H20N6O9S.C18H18N8O7S3/c1-25-19(22-23-24-25)36-8-10-7-35-18-20(34-2,17(33)26(18)13(10)16(31)32)21-14(28)12(15(29)30)9-3-5-11(27)6-4-9;1-25-18(22-12(28)13(29)23-25)36-4-6-3-34-15-9(14(30)26(15)10(6)16(31)32)21-11(27)8(24-33-2)7-5-35-17(19)20-7/h3-6,12,18,27H,7-8H2,1-2H3,(H,21,28)(H,29,30)(H,31,32);5,9,15H,3-4H2,1-2H3,(H2,19,20)(H,21,27)(H,23,29)(H,31,32)/b;24-8-/t12?,18-,20+;9-,15-/m11/s1. The van der Waals surface area contributed by atoms with E-state index in [2.05, 4.69) is 46.4 Å². The van der Waals surface area contributed by atoms with E-state index in [-0.39, 0.29) is 73.8 Å². The molecule has 4 aliphatic heterocycles. The number of hydrogen-bond donors (Lipinski definition) is 8. The Morgan fingerprint density at radius 1 is 0.986 bits per heavy atom. The Hall–Kier alpha value is -7.66. The molecule has 380 valence electrons. The number of nitrogens with two attached hydrogens (primary N) is 1. The molecule has 3 aromatic heterocycles. The van der Waals surface area contributed by atoms with Crippen molar-refractivity contribution >= 4 is 99.0 Å². The van der Waals surface area contributed by atoms with E-state index in [1.54, 1.807) is 7.05 Å². The van der Waals surface area contributed by atoms with Crippen molar-refractivity contribution in [1.82, 2.24) is 60.4 Å². The minimum Gasteiger partial charge on any atom is -0.508 e. The third-order valence-corrected chi connectivity index (χ3v) is 14.9. The summed E-state index contributed by atoms with van der Waals surface area (Å²) in [7, 11) is 5.45. The smallest absolute Gasteiger partial charge is 0.352 e. The van der Waals surface area contributed by atoms with Gasteiger partial charge in [0.2, 0.25) is 11.1 Å². The first-order valence-corrected chi connectivity index (χ1v) is 24.1. The number of hydrogen-bond acceptors (Lipinski definition) is 24. The predicted molar refractivity (Wildman–Crippen MR) is 248 cm³/mol. The number of thioether (sulfide) groups is 3. The number of β-lactam (4-membered cyclic amide) rings is 2. The molecule has 0 bridgehead atoms. The van der Waals surface area contributed by atoms with Gasteiger partial charge >= 0.3 is 29.0 Å². The lowest BCUT2D eigenvalue weighted by Gasteiger charge is -2.55. The average molecular weight is 1080 g/mol. The molecule has 4 aliphatic rings. The molecule has 0 spiro atoms. The van der Waals surface area contributed by atoms with Crippen LogP contribution in [0.4, 0.5) is 5.13 Å². The maximum atomic E-state index is 13.2. The van der Waals surface area contributed by atoms with Crippen molar-refractivity contribution < 1.29 is 68.3 Å². The summed E-state index contributed by atoms with van der Waals surface area (Å²) in [6.45, 7) is -0.213. The van der Waals surface area contributed by atoms with Gasteiger partial charge in [0.15, 0.2) is 28.1 Å². The number of rotatable bonds is 17. The topological polar surface area (TPSA) is 421 Å². The van der Waals surface area contributed by atoms with E-state index < -0.39 is 81.9 Å². The van der Waals surface area contributed by atoms with Crippen LogP contribution in [0.2, 0.25) is 0 Å². The summed E-state index contributed by atoms with van der Waals surface area (Å²) in [5.41, 5.74) is 1.82. The van der Waals surface area contributed by atoms with Gasteiger partial charge in [0.05, 0.1) is 6.61 Å². The number of tetrazole rings is 1. The number of methoxy groups -OCH3 is 1. The number of aromatic nitrogens is 8. The number of nitrogens with zero attached hydrogens (tertiary/aromatic N) is 10. The number of carboxylic acid groups (broad SMARTS) is 3. The summed E-state index contributed by atoms with van der Waals surface area (Å²) >= 11 is 4.55. The molecule has 5 atom stereocenters. The lowest BCUT2D eigenvalue weighted by molar-refractivity contribution is -0.258. The average Bonchev–Trinajstić information content (AvgIpc) is 3.97. The molecular formula is C38H38N14O16S4. The van der Waals surface area contributed by atoms with Gasteiger partial charge in [-0.1, -0.05) is 40.8 Å². The summed E-state index contributed by atoms with van der Waals surface area (Å²) < 4.78 is 13.6. The van der Waals surface area contributed by atoms with Crippen LogP contribution in [-0.2, 0) is 62.0 Å². The van der Waals surface area contributed by atoms with Crippen molar-refractivity contribution in [3.63, 3.8) is 0 Å². The van der Waals surface area contributed by atoms with E-state index in [1.165, 1.54) is 64.9 Å². The number of amides is 4. The molecule has 72 heavy (non-hydrogen) atoms. The molecule has 34 heteroatoms. The van der Waals surface area contributed by atoms with Gasteiger partial charge < -0.3 is 51.1 Å². The molecule has 0 aliphatic carbocycles. The van der Waals surface area contributed by atoms with Crippen molar-refractivity contribution in [2.75, 3.05) is 43.8 Å². The number of anilines is 1. The number of nitrogens with one attached hydrogen (secondary N) is 3. The van der Waals surface area contributed by atoms with Crippen LogP contribution in [-0.4, -0.2) is 179 Å². The number of carboxylic acids is 3. The number of H-pyrrole nitrogens is 1. The van der Waals surface area contributed by atoms with Crippen molar-refractivity contribution in [3.8, 4) is 5.75 Å². The van der Waals surface area contributed by atoms with E-state index in [4.69, 9.17) is 20.0 Å². The van der Waals surface area contributed by atoms with Crippen LogP contribution in [0.15, 0.2) is 77.2 Å². The molecule has 8 rings (SSSR count). The Balaban J connectivity index is 0.000000211. The Labute approximate surface area is 418 Å². The second-order valence-corrected chi connectivity index (χ2v) is 18.9. The number of aromatic amines is 1. The number of aliphatic carboxylic acids is 3. The predicted octanol–water partition coefficient (Wildman–Crippen LogP) is -2.74. The molecule has 1 aromatic carbocycles. The fourth-order valence-electron chi connectivity index (χ4n) is 7.32. The zero-order chi connectivity index (χ0) is 52.3. The lowest BCUT2D eigenvalue weighted by atomic mass is 9.92. The quantitative estimate of drug-likeness (QED) is 0.0101. The lowest BCUT2D eigenvalue weighted by Crippen LogP contribution is -2.82. The van der Waals surface area contributed by atoms with Crippen molar-refractivity contribution in [2.24, 2.45) is 19.3 Å². The third-order valence-electron chi connectivity index (χ3n) is 10.7. The number of oxime groups is 1. The molecule has 30 nitrogen and oxygen atoms in total. The minimum absolute atomic E-state index is 0.0425. The zero-order valence-corrected chi connectivity index (χ0v) is 40.7. The first-order valence-electron chi connectivity index (χ1n) is 20.2. The monoisotopic (exact) mass is 1070 g/mol. The molecule has 2 fully saturated rings. The molecule has 9 N–H and O–H groups in total. The number of phenols is 1. The SMILES string of the molecule is CO/N=C(\C(=O)N[C@@H]1C(=O)N2C(C(=O)O)=C(CSc3nc(=O)c(=O)[nH]n3C)CS[C@H]12)c1csc(N)n1.CO[C@@]1(NC(=O)C(C(=O)O)c2ccc(O)cc2)C(=O)N2C(C(=O)O)=C(CSc3nnnn3C)CO[C@@H]21. The summed E-state index contributed by atoms with van der Waals surface area (Å²) in [5, 5.41) is 62.3. The number of benzene rings is 1. The molecule has 4 amide bonds. The maximum Gasteiger partial charge on any atom is 0.352 e. The molecule has 4 aromatic rings. The Morgan fingerprint density at radius 2 is 1.65 bits per heavy atom. The highest BCUT2D eigenvalue weighted by molar-refractivity contribution is 8.01. The summed E-state index contributed by atoms with van der Waals surface area (Å²) in [5.74, 6) is -9.03. The van der Waals surface area contributed by atoms with E-state index in [9.17, 15) is 63.6 Å². The van der Waals surface area contributed by atoms with Gasteiger partial charge in [-0.25, -0.2) is 19.3 Å². The van der Waals surface area contributed by atoms with Crippen LogP contribution in [0.3, 0.4) is 0 Å². The largest absolute Gasteiger partial charge is 0.508 e. The van der Waals surface area contributed by atoms with Gasteiger partial charge in [0.1, 0.15) is 41.4 Å². The number of nitrogen functional groups attached to an aromatic ring is 1. The van der Waals surface area contributed by atoms with Gasteiger partial charge in [-0.2, -0.15) is 4.98 Å². The van der Waals surface area contributed by atoms with Gasteiger partial charge in [-0.15, -0.1) is 28.2 Å². The fraction of sp³-hybridized carbons (Fsp3) is 0.342. The number of phenolic OH excluding ortho intramolecular Hbond substituents is 1. The summed E-state index contributed by atoms with van der Waals surface area (Å²) in [4.78, 5) is 125. The first-order chi connectivity index (χ1) is 34.2. The highest BCUT2D eigenvalue weighted by Crippen LogP contribution is 2.43. The number of ether oxygens (including phenoxy) is 2. The molecular weight excluding hydrogens is 1040 g/mol. The van der Waals surface area contributed by atoms with E-state index in [0.717, 1.165) is 51.8 Å². The second-order valence-electron chi connectivity index (χ2n) is 15.1. The summed E-state index contributed by atoms with van der Waals surface area (Å²) in [6, 6.07) is 3.94. The maximum absolute atomic E-state index is 13.2. The van der Waals surface area contributed by atoms with Crippen LogP contribution < -0.4 is 27.5 Å². The van der Waals surface area contributed by atoms with E-state index in [1.807, 2.05) is 0 Å². The Bertz CT molecular complexity index is 3100. The molecule has 1 unspecified atom stereocenters. The Morgan fingerprint density at radius 3 is 2.25 bits per heavy atom. The number of fused-ring (bicyclic) bond motifs is 2. The van der Waals surface area contributed by atoms with Crippen molar-refractivity contribution in [3.05, 3.63) is 84.2 Å². The number of aromatic hydroxyl groups is 1. The van der Waals surface area contributed by atoms with Crippen LogP contribution in [0.5, 0.6) is 5.75 Å². The van der Waals surface area contributed by atoms with Gasteiger partial charge in [0, 0.05) is 43.8 Å². The van der Waals surface area contributed by atoms with Gasteiger partial charge in [-0.3, -0.25) is 53.1 Å².